The van der Waals surface area contributed by atoms with Crippen molar-refractivity contribution in [3.05, 3.63) is 78.1 Å². The lowest BCUT2D eigenvalue weighted by Gasteiger charge is -2.14. The number of methoxy groups -OCH3 is 3. The summed E-state index contributed by atoms with van der Waals surface area (Å²) in [7, 11) is 6.79. The van der Waals surface area contributed by atoms with Crippen LogP contribution in [0.1, 0.15) is 16.1 Å². The molecule has 35 heavy (non-hydrogen) atoms. The maximum Gasteiger partial charge on any atom is 0.353 e. The van der Waals surface area contributed by atoms with Crippen LogP contribution in [-0.2, 0) is 13.6 Å². The first-order valence-electron chi connectivity index (χ1n) is 11.2. The number of aromatic nitrogens is 2. The van der Waals surface area contributed by atoms with Crippen molar-refractivity contribution in [2.24, 2.45) is 7.05 Å². The van der Waals surface area contributed by atoms with E-state index in [1.165, 1.54) is 0 Å². The number of ether oxygens (including phenoxy) is 3. The molecule has 3 aromatic rings. The highest BCUT2D eigenvalue weighted by Gasteiger charge is 2.29. The molecule has 1 aromatic heterocycles. The molecule has 0 bridgehead atoms. The average molecular weight is 471 g/mol. The van der Waals surface area contributed by atoms with E-state index in [0.29, 0.717) is 29.4 Å². The minimum atomic E-state index is -0.999. The molecule has 2 heterocycles. The maximum atomic E-state index is 12.8. The molecule has 0 spiro atoms. The standard InChI is InChI=1S/C28H26N2O5/c1-29-13-5-6-18-15-22-25(26(18)29)24(17-7-9-20(33-2)10-8-17)27(28(31)32)30(22)16-19-14-21(34-3)11-12-23(19)35-4/h5-15H,16H2,1-4H3,(H,31,32). The lowest BCUT2D eigenvalue weighted by Crippen LogP contribution is -2.11. The third-order valence-electron chi connectivity index (χ3n) is 6.44. The van der Waals surface area contributed by atoms with Crippen LogP contribution in [0, 0.1) is 0 Å². The van der Waals surface area contributed by atoms with Crippen molar-refractivity contribution in [3.8, 4) is 39.6 Å². The van der Waals surface area contributed by atoms with Gasteiger partial charge in [-0.1, -0.05) is 18.2 Å². The fraction of sp³-hybridized carbons (Fsp3) is 0.179. The number of rotatable bonds is 7. The Bertz CT molecular complexity index is 1510. The lowest BCUT2D eigenvalue weighted by molar-refractivity contribution is 0.0687. The van der Waals surface area contributed by atoms with Gasteiger partial charge in [0, 0.05) is 35.3 Å². The Labute approximate surface area is 203 Å². The van der Waals surface area contributed by atoms with Crippen LogP contribution in [0.5, 0.6) is 17.2 Å². The molecule has 0 amide bonds. The number of fused-ring (bicyclic) bond motifs is 3. The van der Waals surface area contributed by atoms with E-state index >= 15 is 0 Å². The van der Waals surface area contributed by atoms with Gasteiger partial charge < -0.3 is 28.5 Å². The summed E-state index contributed by atoms with van der Waals surface area (Å²) >= 11 is 0. The first-order valence-corrected chi connectivity index (χ1v) is 11.2. The lowest BCUT2D eigenvalue weighted by atomic mass is 10.0. The van der Waals surface area contributed by atoms with Gasteiger partial charge in [0.2, 0.25) is 0 Å². The zero-order chi connectivity index (χ0) is 24.7. The van der Waals surface area contributed by atoms with Crippen molar-refractivity contribution < 1.29 is 24.1 Å². The third-order valence-corrected chi connectivity index (χ3v) is 6.44. The normalized spacial score (nSPS) is 11.2. The number of nitrogens with zero attached hydrogens (tertiary/aromatic N) is 2. The summed E-state index contributed by atoms with van der Waals surface area (Å²) in [6, 6.07) is 19.1. The number of hydrogen-bond acceptors (Lipinski definition) is 4. The summed E-state index contributed by atoms with van der Waals surface area (Å²) in [5.41, 5.74) is 5.38. The zero-order valence-corrected chi connectivity index (χ0v) is 20.0. The number of pyridine rings is 1. The Balaban J connectivity index is 1.86. The van der Waals surface area contributed by atoms with E-state index in [2.05, 4.69) is 6.07 Å². The molecule has 1 aliphatic heterocycles. The minimum Gasteiger partial charge on any atom is -0.497 e. The molecule has 7 nitrogen and oxygen atoms in total. The van der Waals surface area contributed by atoms with Crippen LogP contribution in [0.3, 0.4) is 0 Å². The molecule has 1 N–H and O–H groups in total. The van der Waals surface area contributed by atoms with Crippen molar-refractivity contribution in [1.29, 1.82) is 0 Å². The van der Waals surface area contributed by atoms with Crippen LogP contribution in [0.25, 0.3) is 33.3 Å². The minimum absolute atomic E-state index is 0.218. The van der Waals surface area contributed by atoms with Gasteiger partial charge in [-0.25, -0.2) is 4.79 Å². The van der Waals surface area contributed by atoms with Crippen LogP contribution < -0.4 is 14.2 Å². The second kappa shape index (κ2) is 8.76. The molecular weight excluding hydrogens is 444 g/mol. The maximum absolute atomic E-state index is 12.8. The first-order chi connectivity index (χ1) is 17.0. The van der Waals surface area contributed by atoms with E-state index in [9.17, 15) is 9.90 Å². The highest BCUT2D eigenvalue weighted by molar-refractivity contribution is 6.15. The molecule has 0 unspecified atom stereocenters. The highest BCUT2D eigenvalue weighted by Crippen LogP contribution is 2.45. The largest absolute Gasteiger partial charge is 0.497 e. The number of aromatic carboxylic acids is 1. The molecule has 2 aliphatic rings. The Kier molecular flexibility index (Phi) is 5.61. The molecule has 1 aliphatic carbocycles. The Morgan fingerprint density at radius 1 is 0.886 bits per heavy atom. The van der Waals surface area contributed by atoms with E-state index in [1.54, 1.807) is 21.3 Å². The van der Waals surface area contributed by atoms with Crippen molar-refractivity contribution >= 4 is 16.9 Å². The van der Waals surface area contributed by atoms with Crippen LogP contribution in [-0.4, -0.2) is 41.5 Å². The molecule has 0 saturated carbocycles. The molecule has 5 rings (SSSR count). The van der Waals surface area contributed by atoms with Gasteiger partial charge in [-0.3, -0.25) is 0 Å². The van der Waals surface area contributed by atoms with Crippen LogP contribution in [0.15, 0.2) is 66.9 Å². The van der Waals surface area contributed by atoms with Crippen LogP contribution in [0.2, 0.25) is 0 Å². The number of hydrogen-bond donors (Lipinski definition) is 1. The quantitative estimate of drug-likeness (QED) is 0.339. The Morgan fingerprint density at radius 3 is 2.26 bits per heavy atom. The van der Waals surface area contributed by atoms with Gasteiger partial charge in [-0.05, 0) is 48.0 Å². The summed E-state index contributed by atoms with van der Waals surface area (Å²) in [6.07, 6.45) is 1.97. The van der Waals surface area contributed by atoms with Gasteiger partial charge in [-0.2, -0.15) is 0 Å². The van der Waals surface area contributed by atoms with E-state index in [4.69, 9.17) is 14.2 Å². The Hall–Kier alpha value is -4.39. The van der Waals surface area contributed by atoms with Gasteiger partial charge in [0.15, 0.2) is 0 Å². The second-order valence-corrected chi connectivity index (χ2v) is 8.35. The summed E-state index contributed by atoms with van der Waals surface area (Å²) in [5.74, 6) is 1.05. The number of carboxylic acid groups (broad SMARTS) is 1. The highest BCUT2D eigenvalue weighted by atomic mass is 16.5. The van der Waals surface area contributed by atoms with Gasteiger partial charge in [0.05, 0.1) is 39.1 Å². The van der Waals surface area contributed by atoms with E-state index < -0.39 is 5.97 Å². The van der Waals surface area contributed by atoms with Gasteiger partial charge in [-0.15, -0.1) is 0 Å². The zero-order valence-electron chi connectivity index (χ0n) is 20.0. The number of benzene rings is 2. The van der Waals surface area contributed by atoms with Crippen molar-refractivity contribution in [2.75, 3.05) is 21.3 Å². The second-order valence-electron chi connectivity index (χ2n) is 8.35. The monoisotopic (exact) mass is 470 g/mol. The molecule has 7 heteroatoms. The average Bonchev–Trinajstić information content (AvgIpc) is 3.39. The number of carbonyl (C=O) groups is 1. The molecular formula is C28H26N2O5. The fourth-order valence-electron chi connectivity index (χ4n) is 4.85. The summed E-state index contributed by atoms with van der Waals surface area (Å²) in [4.78, 5) is 12.8. The van der Waals surface area contributed by atoms with E-state index in [1.807, 2.05) is 77.0 Å². The topological polar surface area (TPSA) is 74.8 Å². The fourth-order valence-corrected chi connectivity index (χ4v) is 4.85. The van der Waals surface area contributed by atoms with Crippen molar-refractivity contribution in [3.63, 3.8) is 0 Å². The predicted molar refractivity (Wildman–Crippen MR) is 135 cm³/mol. The third kappa shape index (κ3) is 3.65. The van der Waals surface area contributed by atoms with Gasteiger partial charge in [0.1, 0.15) is 22.9 Å². The summed E-state index contributed by atoms with van der Waals surface area (Å²) < 4.78 is 20.2. The van der Waals surface area contributed by atoms with E-state index in [-0.39, 0.29) is 5.69 Å². The van der Waals surface area contributed by atoms with Gasteiger partial charge >= 0.3 is 5.97 Å². The van der Waals surface area contributed by atoms with E-state index in [0.717, 1.165) is 33.3 Å². The number of aryl methyl sites for hydroxylation is 1. The SMILES string of the molecule is COc1ccc(-c2c(C(=O)O)n(Cc3cc(OC)ccc3OC)c3cc4cccn(C)c-4c23)cc1. The van der Waals surface area contributed by atoms with Crippen molar-refractivity contribution in [2.45, 2.75) is 6.54 Å². The summed E-state index contributed by atoms with van der Waals surface area (Å²) in [6.45, 7) is 0.300. The first kappa shape index (κ1) is 22.4. The predicted octanol–water partition coefficient (Wildman–Crippen LogP) is 5.52. The smallest absolute Gasteiger partial charge is 0.353 e. The Morgan fingerprint density at radius 2 is 1.60 bits per heavy atom. The summed E-state index contributed by atoms with van der Waals surface area (Å²) in [5, 5.41) is 11.4. The molecule has 0 saturated heterocycles. The molecule has 2 aromatic carbocycles. The molecule has 0 atom stereocenters. The molecule has 0 radical (unpaired) electrons. The van der Waals surface area contributed by atoms with Crippen LogP contribution >= 0.6 is 0 Å². The molecule has 0 fully saturated rings. The number of carboxylic acids is 1. The van der Waals surface area contributed by atoms with Crippen molar-refractivity contribution in [1.82, 2.24) is 9.13 Å². The molecule has 178 valence electrons. The van der Waals surface area contributed by atoms with Gasteiger partial charge in [0.25, 0.3) is 0 Å². The van der Waals surface area contributed by atoms with Crippen LogP contribution in [0.4, 0.5) is 0 Å².